The van der Waals surface area contributed by atoms with Crippen molar-refractivity contribution in [2.45, 2.75) is 38.7 Å². The molecule has 0 bridgehead atoms. The van der Waals surface area contributed by atoms with Gasteiger partial charge in [0.15, 0.2) is 0 Å². The number of benzene rings is 2. The van der Waals surface area contributed by atoms with Crippen molar-refractivity contribution in [3.63, 3.8) is 0 Å². The Kier molecular flexibility index (Phi) is 6.52. The van der Waals surface area contributed by atoms with E-state index in [0.717, 1.165) is 51.3 Å². The van der Waals surface area contributed by atoms with E-state index in [2.05, 4.69) is 57.0 Å². The Morgan fingerprint density at radius 2 is 1.78 bits per heavy atom. The second-order valence-electron chi connectivity index (χ2n) is 10.2. The maximum atomic E-state index is 13.3. The molecule has 188 valence electrons. The van der Waals surface area contributed by atoms with Crippen LogP contribution >= 0.6 is 0 Å². The number of amides is 1. The van der Waals surface area contributed by atoms with E-state index in [1.54, 1.807) is 4.90 Å². The van der Waals surface area contributed by atoms with Gasteiger partial charge in [0.1, 0.15) is 12.4 Å². The van der Waals surface area contributed by atoms with Crippen LogP contribution < -0.4 is 4.74 Å². The van der Waals surface area contributed by atoms with Gasteiger partial charge in [-0.25, -0.2) is 0 Å². The Balaban J connectivity index is 1.07. The highest BCUT2D eigenvalue weighted by molar-refractivity contribution is 5.97. The molecule has 1 atom stereocenters. The van der Waals surface area contributed by atoms with Gasteiger partial charge in [-0.05, 0) is 47.4 Å². The Morgan fingerprint density at radius 3 is 2.69 bits per heavy atom. The molecule has 7 nitrogen and oxygen atoms in total. The van der Waals surface area contributed by atoms with Crippen molar-refractivity contribution in [2.24, 2.45) is 0 Å². The fourth-order valence-electron chi connectivity index (χ4n) is 5.75. The SMILES string of the molecule is O=C1c2ccc(CN3CCn4cccc4C3)cc2OCCN1C[C@H](O)CN1CCc2ccccc2C1. The summed E-state index contributed by atoms with van der Waals surface area (Å²) in [6.07, 6.45) is 2.54. The van der Waals surface area contributed by atoms with E-state index < -0.39 is 6.10 Å². The highest BCUT2D eigenvalue weighted by Gasteiger charge is 2.27. The average Bonchev–Trinajstić information content (AvgIpc) is 3.30. The van der Waals surface area contributed by atoms with Gasteiger partial charge in [-0.3, -0.25) is 14.6 Å². The normalized spacial score (nSPS) is 19.1. The minimum absolute atomic E-state index is 0.0621. The van der Waals surface area contributed by atoms with Gasteiger partial charge in [-0.2, -0.15) is 0 Å². The van der Waals surface area contributed by atoms with Crippen LogP contribution in [0.25, 0.3) is 0 Å². The van der Waals surface area contributed by atoms with Gasteiger partial charge < -0.3 is 19.3 Å². The first kappa shape index (κ1) is 23.3. The fourth-order valence-corrected chi connectivity index (χ4v) is 5.75. The quantitative estimate of drug-likeness (QED) is 0.581. The number of aliphatic hydroxyl groups is 1. The van der Waals surface area contributed by atoms with Gasteiger partial charge in [-0.15, -0.1) is 0 Å². The lowest BCUT2D eigenvalue weighted by molar-refractivity contribution is 0.0501. The Morgan fingerprint density at radius 1 is 0.889 bits per heavy atom. The molecule has 1 amide bonds. The van der Waals surface area contributed by atoms with E-state index in [4.69, 9.17) is 4.74 Å². The van der Waals surface area contributed by atoms with E-state index in [-0.39, 0.29) is 5.91 Å². The lowest BCUT2D eigenvalue weighted by Gasteiger charge is -2.32. The molecule has 1 N–H and O–H groups in total. The Labute approximate surface area is 212 Å². The first-order chi connectivity index (χ1) is 17.6. The van der Waals surface area contributed by atoms with Gasteiger partial charge in [0.2, 0.25) is 0 Å². The van der Waals surface area contributed by atoms with Crippen LogP contribution in [0.1, 0.15) is 32.7 Å². The average molecular weight is 487 g/mol. The largest absolute Gasteiger partial charge is 0.491 e. The van der Waals surface area contributed by atoms with Crippen molar-refractivity contribution in [3.8, 4) is 5.75 Å². The molecular formula is C29H34N4O3. The molecule has 4 heterocycles. The molecule has 0 fully saturated rings. The number of fused-ring (bicyclic) bond motifs is 3. The molecule has 3 aliphatic heterocycles. The Hall–Kier alpha value is -3.13. The molecule has 0 saturated heterocycles. The third-order valence-electron chi connectivity index (χ3n) is 7.66. The molecular weight excluding hydrogens is 452 g/mol. The number of rotatable bonds is 6. The van der Waals surface area contributed by atoms with Gasteiger partial charge >= 0.3 is 0 Å². The number of nitrogens with zero attached hydrogens (tertiary/aromatic N) is 4. The highest BCUT2D eigenvalue weighted by Crippen LogP contribution is 2.27. The van der Waals surface area contributed by atoms with Gasteiger partial charge in [0, 0.05) is 64.2 Å². The predicted molar refractivity (Wildman–Crippen MR) is 138 cm³/mol. The number of β-amino-alcohol motifs (C(OH)–C–C–N with tert-alkyl or cyclic N) is 1. The van der Waals surface area contributed by atoms with E-state index in [0.29, 0.717) is 37.6 Å². The van der Waals surface area contributed by atoms with Crippen LogP contribution in [0.3, 0.4) is 0 Å². The number of aliphatic hydroxyl groups excluding tert-OH is 1. The lowest BCUT2D eigenvalue weighted by Crippen LogP contribution is -2.44. The maximum Gasteiger partial charge on any atom is 0.257 e. The van der Waals surface area contributed by atoms with Crippen LogP contribution in [0, 0.1) is 0 Å². The lowest BCUT2D eigenvalue weighted by atomic mass is 10.00. The minimum Gasteiger partial charge on any atom is -0.491 e. The molecule has 3 aliphatic rings. The standard InChI is InChI=1S/C29H34N4O3/c34-26(20-30-11-9-23-4-1-2-5-24(23)18-30)21-33-14-15-36-28-16-22(7-8-27(28)29(33)35)17-31-12-13-32-10-3-6-25(32)19-31/h1-8,10,16,26,34H,9,11-15,17-21H2/t26-/m1/s1. The summed E-state index contributed by atoms with van der Waals surface area (Å²) in [5.41, 5.74) is 5.81. The second-order valence-corrected chi connectivity index (χ2v) is 10.2. The number of hydrogen-bond acceptors (Lipinski definition) is 5. The molecule has 36 heavy (non-hydrogen) atoms. The molecule has 6 rings (SSSR count). The predicted octanol–water partition coefficient (Wildman–Crippen LogP) is 2.76. The first-order valence-electron chi connectivity index (χ1n) is 13.0. The summed E-state index contributed by atoms with van der Waals surface area (Å²) in [4.78, 5) is 19.8. The topological polar surface area (TPSA) is 61.2 Å². The maximum absolute atomic E-state index is 13.3. The summed E-state index contributed by atoms with van der Waals surface area (Å²) >= 11 is 0. The van der Waals surface area contributed by atoms with Crippen LogP contribution in [-0.2, 0) is 32.6 Å². The zero-order valence-electron chi connectivity index (χ0n) is 20.7. The summed E-state index contributed by atoms with van der Waals surface area (Å²) < 4.78 is 8.32. The molecule has 0 saturated carbocycles. The summed E-state index contributed by atoms with van der Waals surface area (Å²) in [6.45, 7) is 7.33. The van der Waals surface area contributed by atoms with E-state index in [9.17, 15) is 9.90 Å². The summed E-state index contributed by atoms with van der Waals surface area (Å²) in [5.74, 6) is 0.593. The number of ether oxygens (including phenoxy) is 1. The van der Waals surface area contributed by atoms with Gasteiger partial charge in [-0.1, -0.05) is 30.3 Å². The van der Waals surface area contributed by atoms with E-state index in [1.807, 2.05) is 18.2 Å². The number of carbonyl (C=O) groups is 1. The summed E-state index contributed by atoms with van der Waals surface area (Å²) in [6, 6.07) is 18.7. The van der Waals surface area contributed by atoms with Crippen molar-refractivity contribution in [1.82, 2.24) is 19.3 Å². The third-order valence-corrected chi connectivity index (χ3v) is 7.66. The van der Waals surface area contributed by atoms with Crippen molar-refractivity contribution in [2.75, 3.05) is 39.3 Å². The molecule has 2 aromatic carbocycles. The first-order valence-corrected chi connectivity index (χ1v) is 13.0. The monoisotopic (exact) mass is 486 g/mol. The van der Waals surface area contributed by atoms with Crippen molar-refractivity contribution < 1.29 is 14.6 Å². The fraction of sp³-hybridized carbons (Fsp3) is 0.414. The zero-order chi connectivity index (χ0) is 24.5. The Bertz CT molecular complexity index is 1240. The molecule has 0 spiro atoms. The smallest absolute Gasteiger partial charge is 0.257 e. The molecule has 1 aromatic heterocycles. The van der Waals surface area contributed by atoms with Crippen LogP contribution in [0.2, 0.25) is 0 Å². The van der Waals surface area contributed by atoms with Crippen LogP contribution in [0.15, 0.2) is 60.8 Å². The molecule has 7 heteroatoms. The number of aromatic nitrogens is 1. The number of carbonyl (C=O) groups excluding carboxylic acids is 1. The highest BCUT2D eigenvalue weighted by atomic mass is 16.5. The van der Waals surface area contributed by atoms with Gasteiger partial charge in [0.25, 0.3) is 5.91 Å². The van der Waals surface area contributed by atoms with Crippen LogP contribution in [0.5, 0.6) is 5.75 Å². The minimum atomic E-state index is -0.599. The summed E-state index contributed by atoms with van der Waals surface area (Å²) in [7, 11) is 0. The van der Waals surface area contributed by atoms with E-state index >= 15 is 0 Å². The number of hydrogen-bond donors (Lipinski definition) is 1. The van der Waals surface area contributed by atoms with Crippen molar-refractivity contribution in [1.29, 1.82) is 0 Å². The molecule has 0 unspecified atom stereocenters. The molecule has 0 radical (unpaired) electrons. The van der Waals surface area contributed by atoms with Crippen LogP contribution in [0.4, 0.5) is 0 Å². The van der Waals surface area contributed by atoms with E-state index in [1.165, 1.54) is 16.8 Å². The van der Waals surface area contributed by atoms with Crippen molar-refractivity contribution >= 4 is 5.91 Å². The van der Waals surface area contributed by atoms with Crippen LogP contribution in [-0.4, -0.2) is 75.7 Å². The molecule has 3 aromatic rings. The zero-order valence-corrected chi connectivity index (χ0v) is 20.7. The summed E-state index contributed by atoms with van der Waals surface area (Å²) in [5, 5.41) is 10.9. The second kappa shape index (κ2) is 10.1. The van der Waals surface area contributed by atoms with Crippen molar-refractivity contribution in [3.05, 3.63) is 88.7 Å². The van der Waals surface area contributed by atoms with Gasteiger partial charge in [0.05, 0.1) is 18.2 Å². The molecule has 0 aliphatic carbocycles. The third kappa shape index (κ3) is 4.91.